The first-order valence-corrected chi connectivity index (χ1v) is 11.9. The van der Waals surface area contributed by atoms with Crippen LogP contribution in [0.3, 0.4) is 0 Å². The third-order valence-corrected chi connectivity index (χ3v) is 5.89. The lowest BCUT2D eigenvalue weighted by molar-refractivity contribution is -0.122. The highest BCUT2D eigenvalue weighted by molar-refractivity contribution is 5.95. The van der Waals surface area contributed by atoms with Gasteiger partial charge in [-0.1, -0.05) is 36.4 Å². The van der Waals surface area contributed by atoms with Gasteiger partial charge in [0.1, 0.15) is 28.8 Å². The number of carboxylic acid groups (broad SMARTS) is 1. The maximum atomic E-state index is 14.3. The van der Waals surface area contributed by atoms with Gasteiger partial charge < -0.3 is 21.3 Å². The Morgan fingerprint density at radius 2 is 1.56 bits per heavy atom. The van der Waals surface area contributed by atoms with Gasteiger partial charge in [-0.25, -0.2) is 33.0 Å². The van der Waals surface area contributed by atoms with Crippen molar-refractivity contribution in [3.05, 3.63) is 95.4 Å². The van der Waals surface area contributed by atoms with Crippen molar-refractivity contribution in [1.29, 1.82) is 0 Å². The van der Waals surface area contributed by atoms with Gasteiger partial charge >= 0.3 is 6.09 Å². The molecule has 3 heterocycles. The van der Waals surface area contributed by atoms with Gasteiger partial charge in [0.05, 0.1) is 19.2 Å². The maximum absolute atomic E-state index is 14.3. The summed E-state index contributed by atoms with van der Waals surface area (Å²) in [6.07, 6.45) is 0.909. The summed E-state index contributed by atoms with van der Waals surface area (Å²) in [6, 6.07) is 15.8. The van der Waals surface area contributed by atoms with E-state index < -0.39 is 11.9 Å². The number of nitrogen functional groups attached to an aromatic ring is 2. The standard InChI is InChI=1S/C26H22F2N8O2.CH2O2/c1-38-26(37)35(14-16-8-3-5-10-18(16)28)22-23(29)33-25(34-24(22)30)21-19-11-6-12-31-36(19)20(32-21)13-15-7-2-4-9-17(15)27;2-1-3/h2-12H,13-14H2,1H3,(H4,29,30,33,34);1H,(H,2,3). The van der Waals surface area contributed by atoms with Gasteiger partial charge in [-0.3, -0.25) is 9.69 Å². The molecular weight excluding hydrogens is 538 g/mol. The van der Waals surface area contributed by atoms with Crippen LogP contribution in [0.4, 0.5) is 30.9 Å². The molecule has 12 nitrogen and oxygen atoms in total. The van der Waals surface area contributed by atoms with E-state index in [1.165, 1.54) is 31.4 Å². The monoisotopic (exact) mass is 562 g/mol. The predicted octanol–water partition coefficient (Wildman–Crippen LogP) is 3.69. The molecule has 14 heteroatoms. The van der Waals surface area contributed by atoms with E-state index in [0.29, 0.717) is 22.6 Å². The average molecular weight is 563 g/mol. The van der Waals surface area contributed by atoms with Crippen molar-refractivity contribution in [2.45, 2.75) is 13.0 Å². The Morgan fingerprint density at radius 1 is 0.976 bits per heavy atom. The van der Waals surface area contributed by atoms with Gasteiger partial charge in [-0.15, -0.1) is 0 Å². The highest BCUT2D eigenvalue weighted by Crippen LogP contribution is 2.33. The minimum absolute atomic E-state index is 0.0305. The number of benzene rings is 2. The fourth-order valence-corrected chi connectivity index (χ4v) is 4.10. The molecule has 5 rings (SSSR count). The lowest BCUT2D eigenvalue weighted by Gasteiger charge is -2.23. The highest BCUT2D eigenvalue weighted by Gasteiger charge is 2.27. The van der Waals surface area contributed by atoms with Crippen molar-refractivity contribution >= 4 is 35.4 Å². The minimum atomic E-state index is -0.827. The Labute approximate surface area is 231 Å². The summed E-state index contributed by atoms with van der Waals surface area (Å²) in [6.45, 7) is -0.472. The van der Waals surface area contributed by atoms with Gasteiger partial charge in [0.25, 0.3) is 6.47 Å². The topological polar surface area (TPSA) is 175 Å². The van der Waals surface area contributed by atoms with Crippen molar-refractivity contribution in [1.82, 2.24) is 24.6 Å². The van der Waals surface area contributed by atoms with Crippen LogP contribution in [-0.4, -0.2) is 49.3 Å². The number of aromatic nitrogens is 5. The van der Waals surface area contributed by atoms with Crippen LogP contribution in [0.25, 0.3) is 17.0 Å². The van der Waals surface area contributed by atoms with Crippen molar-refractivity contribution in [2.24, 2.45) is 0 Å². The number of carbonyl (C=O) groups excluding carboxylic acids is 1. The van der Waals surface area contributed by atoms with Crippen LogP contribution < -0.4 is 16.4 Å². The number of carbonyl (C=O) groups is 2. The predicted molar refractivity (Wildman–Crippen MR) is 146 cm³/mol. The molecule has 5 aromatic rings. The molecule has 0 spiro atoms. The van der Waals surface area contributed by atoms with Crippen molar-refractivity contribution in [2.75, 3.05) is 23.5 Å². The number of amides is 1. The van der Waals surface area contributed by atoms with Gasteiger partial charge in [-0.05, 0) is 29.8 Å². The van der Waals surface area contributed by atoms with Gasteiger partial charge in [0.15, 0.2) is 17.5 Å². The van der Waals surface area contributed by atoms with Crippen LogP contribution in [0.1, 0.15) is 17.0 Å². The molecule has 2 aromatic carbocycles. The fraction of sp³-hybridized carbons (Fsp3) is 0.111. The number of ether oxygens (including phenoxy) is 1. The second-order valence-electron chi connectivity index (χ2n) is 8.38. The summed E-state index contributed by atoms with van der Waals surface area (Å²) in [7, 11) is 1.18. The average Bonchev–Trinajstić information content (AvgIpc) is 3.33. The molecule has 0 aliphatic heterocycles. The van der Waals surface area contributed by atoms with Crippen molar-refractivity contribution < 1.29 is 28.2 Å². The van der Waals surface area contributed by atoms with Crippen molar-refractivity contribution in [3.63, 3.8) is 0 Å². The van der Waals surface area contributed by atoms with E-state index >= 15 is 0 Å². The van der Waals surface area contributed by atoms with Crippen LogP contribution in [0.15, 0.2) is 66.9 Å². The summed E-state index contributed by atoms with van der Waals surface area (Å²) in [5.41, 5.74) is 14.0. The van der Waals surface area contributed by atoms with E-state index in [0.717, 1.165) is 4.90 Å². The molecule has 0 aliphatic carbocycles. The summed E-state index contributed by atoms with van der Waals surface area (Å²) in [5.74, 6) is -0.653. The van der Waals surface area contributed by atoms with Gasteiger partial charge in [0, 0.05) is 18.2 Å². The van der Waals surface area contributed by atoms with E-state index in [9.17, 15) is 13.6 Å². The number of anilines is 3. The Bertz CT molecular complexity index is 1690. The van der Waals surface area contributed by atoms with Crippen LogP contribution in [0, 0.1) is 11.6 Å². The molecule has 0 saturated heterocycles. The number of fused-ring (bicyclic) bond motifs is 1. The Balaban J connectivity index is 0.00000124. The number of rotatable bonds is 6. The summed E-state index contributed by atoms with van der Waals surface area (Å²) in [4.78, 5) is 35.4. The molecule has 0 aliphatic rings. The third kappa shape index (κ3) is 6.00. The zero-order valence-electron chi connectivity index (χ0n) is 21.6. The largest absolute Gasteiger partial charge is 0.483 e. The lowest BCUT2D eigenvalue weighted by atomic mass is 10.1. The molecular formula is C27H24F2N8O4. The Morgan fingerprint density at radius 3 is 2.15 bits per heavy atom. The smallest absolute Gasteiger partial charge is 0.414 e. The van der Waals surface area contributed by atoms with E-state index in [1.54, 1.807) is 47.1 Å². The first kappa shape index (κ1) is 28.4. The molecule has 210 valence electrons. The Hall–Kier alpha value is -5.66. The molecule has 0 atom stereocenters. The van der Waals surface area contributed by atoms with E-state index in [1.807, 2.05) is 0 Å². The van der Waals surface area contributed by atoms with E-state index in [-0.39, 0.29) is 54.0 Å². The number of halogens is 2. The van der Waals surface area contributed by atoms with Crippen LogP contribution in [-0.2, 0) is 22.5 Å². The first-order chi connectivity index (χ1) is 19.8. The molecule has 1 amide bonds. The molecule has 5 N–H and O–H groups in total. The number of methoxy groups -OCH3 is 1. The zero-order valence-corrected chi connectivity index (χ0v) is 21.6. The number of nitrogens with two attached hydrogens (primary N) is 2. The molecule has 41 heavy (non-hydrogen) atoms. The minimum Gasteiger partial charge on any atom is -0.483 e. The highest BCUT2D eigenvalue weighted by atomic mass is 19.1. The summed E-state index contributed by atoms with van der Waals surface area (Å²) >= 11 is 0. The third-order valence-electron chi connectivity index (χ3n) is 5.89. The van der Waals surface area contributed by atoms with Crippen molar-refractivity contribution in [3.8, 4) is 11.5 Å². The molecule has 0 bridgehead atoms. The molecule has 0 unspecified atom stereocenters. The Kier molecular flexibility index (Phi) is 8.62. The zero-order chi connectivity index (χ0) is 29.5. The normalized spacial score (nSPS) is 10.5. The molecule has 0 fully saturated rings. The first-order valence-electron chi connectivity index (χ1n) is 11.9. The second-order valence-corrected chi connectivity index (χ2v) is 8.38. The van der Waals surface area contributed by atoms with Gasteiger partial charge in [-0.2, -0.15) is 5.10 Å². The second kappa shape index (κ2) is 12.5. The quantitative estimate of drug-likeness (QED) is 0.259. The maximum Gasteiger partial charge on any atom is 0.414 e. The molecule has 0 radical (unpaired) electrons. The lowest BCUT2D eigenvalue weighted by Crippen LogP contribution is -2.32. The summed E-state index contributed by atoms with van der Waals surface area (Å²) in [5, 5.41) is 11.2. The number of hydrogen-bond donors (Lipinski definition) is 3. The number of hydrogen-bond acceptors (Lipinski definition) is 9. The SMILES string of the molecule is COC(=O)N(Cc1ccccc1F)c1c(N)nc(-c2nc(Cc3ccccc3F)n3ncccc23)nc1N.O=CO. The van der Waals surface area contributed by atoms with Crippen LogP contribution >= 0.6 is 0 Å². The van der Waals surface area contributed by atoms with Gasteiger partial charge in [0.2, 0.25) is 0 Å². The van der Waals surface area contributed by atoms with E-state index in [4.69, 9.17) is 26.1 Å². The number of imidazole rings is 1. The fourth-order valence-electron chi connectivity index (χ4n) is 4.10. The van der Waals surface area contributed by atoms with Crippen LogP contribution in [0.2, 0.25) is 0 Å². The number of nitrogens with zero attached hydrogens (tertiary/aromatic N) is 6. The van der Waals surface area contributed by atoms with E-state index in [2.05, 4.69) is 20.1 Å². The molecule has 3 aromatic heterocycles. The van der Waals surface area contributed by atoms with Crippen LogP contribution in [0.5, 0.6) is 0 Å². The summed E-state index contributed by atoms with van der Waals surface area (Å²) < 4.78 is 35.1. The molecule has 0 saturated carbocycles.